The van der Waals surface area contributed by atoms with E-state index in [1.165, 1.54) is 47.6 Å². The molecule has 0 atom stereocenters. The van der Waals surface area contributed by atoms with Gasteiger partial charge < -0.3 is 19.7 Å². The van der Waals surface area contributed by atoms with Crippen molar-refractivity contribution in [2.45, 2.75) is 24.8 Å². The standard InChI is InChI=1S/C20H21N3O6S2/c1-3-29-20(25)23-9-8-15-16(10-21)19(30-17(15)11-23)22-18(24)12-31(26,27)14-6-4-13(28-2)5-7-14/h4-7H,3,8-9,11-12H2,1-2H3,(H,22,24). The summed E-state index contributed by atoms with van der Waals surface area (Å²) in [5.41, 5.74) is 1.07. The Morgan fingerprint density at radius 1 is 1.29 bits per heavy atom. The number of hydrogen-bond donors (Lipinski definition) is 1. The van der Waals surface area contributed by atoms with Crippen molar-refractivity contribution >= 4 is 38.2 Å². The Morgan fingerprint density at radius 3 is 2.61 bits per heavy atom. The third-order valence-corrected chi connectivity index (χ3v) is 7.45. The van der Waals surface area contributed by atoms with Gasteiger partial charge in [-0.05, 0) is 43.2 Å². The van der Waals surface area contributed by atoms with E-state index < -0.39 is 27.6 Å². The van der Waals surface area contributed by atoms with Crippen molar-refractivity contribution in [2.75, 3.05) is 31.3 Å². The fraction of sp³-hybridized carbons (Fsp3) is 0.350. The number of methoxy groups -OCH3 is 1. The number of hydrogen-bond acceptors (Lipinski definition) is 8. The summed E-state index contributed by atoms with van der Waals surface area (Å²) in [5, 5.41) is 12.4. The van der Waals surface area contributed by atoms with E-state index in [2.05, 4.69) is 11.4 Å². The first kappa shape index (κ1) is 22.6. The van der Waals surface area contributed by atoms with Gasteiger partial charge in [0, 0.05) is 11.4 Å². The molecule has 3 rings (SSSR count). The highest BCUT2D eigenvalue weighted by molar-refractivity contribution is 7.92. The quantitative estimate of drug-likeness (QED) is 0.698. The summed E-state index contributed by atoms with van der Waals surface area (Å²) in [7, 11) is -2.40. The average molecular weight is 464 g/mol. The van der Waals surface area contributed by atoms with E-state index in [0.29, 0.717) is 24.3 Å². The van der Waals surface area contributed by atoms with Crippen molar-refractivity contribution in [1.29, 1.82) is 5.26 Å². The summed E-state index contributed by atoms with van der Waals surface area (Å²) in [6.45, 7) is 2.66. The van der Waals surface area contributed by atoms with Gasteiger partial charge in [-0.3, -0.25) is 4.79 Å². The molecule has 164 valence electrons. The van der Waals surface area contributed by atoms with Crippen LogP contribution in [0.5, 0.6) is 5.75 Å². The number of thiophene rings is 1. The van der Waals surface area contributed by atoms with Crippen LogP contribution in [0, 0.1) is 11.3 Å². The summed E-state index contributed by atoms with van der Waals surface area (Å²) < 4.78 is 35.1. The molecule has 2 aromatic rings. The normalized spacial score (nSPS) is 13.1. The second-order valence-electron chi connectivity index (χ2n) is 6.67. The number of nitriles is 1. The van der Waals surface area contributed by atoms with Gasteiger partial charge in [0.15, 0.2) is 9.84 Å². The lowest BCUT2D eigenvalue weighted by Gasteiger charge is -2.25. The molecule has 9 nitrogen and oxygen atoms in total. The molecule has 11 heteroatoms. The zero-order valence-electron chi connectivity index (χ0n) is 17.0. The smallest absolute Gasteiger partial charge is 0.410 e. The lowest BCUT2D eigenvalue weighted by Crippen LogP contribution is -2.35. The van der Waals surface area contributed by atoms with Crippen LogP contribution in [0.3, 0.4) is 0 Å². The van der Waals surface area contributed by atoms with Crippen molar-refractivity contribution in [3.63, 3.8) is 0 Å². The Bertz CT molecular complexity index is 1130. The Hall–Kier alpha value is -3.10. The third-order valence-electron chi connectivity index (χ3n) is 4.69. The molecular formula is C20H21N3O6S2. The summed E-state index contributed by atoms with van der Waals surface area (Å²) >= 11 is 1.17. The van der Waals surface area contributed by atoms with Gasteiger partial charge in [-0.15, -0.1) is 11.3 Å². The summed E-state index contributed by atoms with van der Waals surface area (Å²) in [6, 6.07) is 7.83. The molecule has 0 bridgehead atoms. The highest BCUT2D eigenvalue weighted by atomic mass is 32.2. The van der Waals surface area contributed by atoms with E-state index in [4.69, 9.17) is 9.47 Å². The molecule has 0 spiro atoms. The second kappa shape index (κ2) is 9.36. The van der Waals surface area contributed by atoms with Gasteiger partial charge in [-0.1, -0.05) is 0 Å². The highest BCUT2D eigenvalue weighted by Gasteiger charge is 2.29. The van der Waals surface area contributed by atoms with E-state index in [1.54, 1.807) is 6.92 Å². The number of amides is 2. The second-order valence-corrected chi connectivity index (χ2v) is 9.77. The molecule has 2 amide bonds. The Morgan fingerprint density at radius 2 is 2.00 bits per heavy atom. The van der Waals surface area contributed by atoms with Crippen LogP contribution in [0.25, 0.3) is 0 Å². The van der Waals surface area contributed by atoms with Crippen LogP contribution in [0.2, 0.25) is 0 Å². The predicted octanol–water partition coefficient (Wildman–Crippen LogP) is 2.56. The van der Waals surface area contributed by atoms with Crippen LogP contribution in [-0.2, 0) is 32.3 Å². The van der Waals surface area contributed by atoms with Crippen molar-refractivity contribution in [3.8, 4) is 11.8 Å². The summed E-state index contributed by atoms with van der Waals surface area (Å²) in [4.78, 5) is 26.7. The minimum absolute atomic E-state index is 0.000455. The van der Waals surface area contributed by atoms with Gasteiger partial charge in [0.05, 0.1) is 30.7 Å². The van der Waals surface area contributed by atoms with Crippen LogP contribution < -0.4 is 10.1 Å². The first-order chi connectivity index (χ1) is 14.8. The molecule has 0 radical (unpaired) electrons. The van der Waals surface area contributed by atoms with Gasteiger partial charge in [0.2, 0.25) is 5.91 Å². The van der Waals surface area contributed by atoms with E-state index in [1.807, 2.05) is 0 Å². The van der Waals surface area contributed by atoms with E-state index in [-0.39, 0.29) is 23.0 Å². The maximum atomic E-state index is 12.5. The molecule has 1 N–H and O–H groups in total. The maximum Gasteiger partial charge on any atom is 0.410 e. The maximum absolute atomic E-state index is 12.5. The number of carbonyl (C=O) groups excluding carboxylic acids is 2. The molecule has 1 aromatic heterocycles. The topological polar surface area (TPSA) is 126 Å². The van der Waals surface area contributed by atoms with Crippen molar-refractivity contribution in [2.24, 2.45) is 0 Å². The molecule has 2 heterocycles. The molecule has 0 aliphatic carbocycles. The Kier molecular flexibility index (Phi) is 6.82. The minimum atomic E-state index is -3.87. The Labute approximate surface area is 184 Å². The molecule has 0 saturated carbocycles. The predicted molar refractivity (Wildman–Crippen MR) is 114 cm³/mol. The summed E-state index contributed by atoms with van der Waals surface area (Å²) in [6.07, 6.45) is 0.0179. The number of fused-ring (bicyclic) bond motifs is 1. The SMILES string of the molecule is CCOC(=O)N1CCc2c(sc(NC(=O)CS(=O)(=O)c3ccc(OC)cc3)c2C#N)C1. The fourth-order valence-corrected chi connectivity index (χ4v) is 5.55. The van der Waals surface area contributed by atoms with Gasteiger partial charge >= 0.3 is 6.09 Å². The number of sulfone groups is 1. The number of carbonyl (C=O) groups is 2. The zero-order valence-corrected chi connectivity index (χ0v) is 18.6. The lowest BCUT2D eigenvalue weighted by molar-refractivity contribution is -0.113. The molecule has 0 unspecified atom stereocenters. The number of benzene rings is 1. The van der Waals surface area contributed by atoms with E-state index in [9.17, 15) is 23.3 Å². The van der Waals surface area contributed by atoms with Crippen LogP contribution >= 0.6 is 11.3 Å². The van der Waals surface area contributed by atoms with Crippen LogP contribution in [0.15, 0.2) is 29.2 Å². The molecule has 1 aromatic carbocycles. The number of ether oxygens (including phenoxy) is 2. The summed E-state index contributed by atoms with van der Waals surface area (Å²) in [5.74, 6) is -1.00. The third kappa shape index (κ3) is 4.98. The number of nitrogens with one attached hydrogen (secondary N) is 1. The van der Waals surface area contributed by atoms with Gasteiger partial charge in [-0.25, -0.2) is 13.2 Å². The number of anilines is 1. The fourth-order valence-electron chi connectivity index (χ4n) is 3.18. The Balaban J connectivity index is 1.74. The molecule has 0 fully saturated rings. The van der Waals surface area contributed by atoms with Crippen LogP contribution in [0.4, 0.5) is 9.80 Å². The van der Waals surface area contributed by atoms with Gasteiger partial charge in [0.25, 0.3) is 0 Å². The highest BCUT2D eigenvalue weighted by Crippen LogP contribution is 2.36. The average Bonchev–Trinajstić information content (AvgIpc) is 3.09. The molecule has 1 aliphatic rings. The molecule has 0 saturated heterocycles. The van der Waals surface area contributed by atoms with Gasteiger partial charge in [-0.2, -0.15) is 5.26 Å². The first-order valence-corrected chi connectivity index (χ1v) is 11.9. The van der Waals surface area contributed by atoms with Crippen LogP contribution in [-0.4, -0.2) is 51.3 Å². The van der Waals surface area contributed by atoms with Gasteiger partial charge in [0.1, 0.15) is 22.6 Å². The van der Waals surface area contributed by atoms with Crippen molar-refractivity contribution in [1.82, 2.24) is 4.90 Å². The largest absolute Gasteiger partial charge is 0.497 e. The monoisotopic (exact) mass is 463 g/mol. The van der Waals surface area contributed by atoms with E-state index in [0.717, 1.165) is 10.4 Å². The minimum Gasteiger partial charge on any atom is -0.497 e. The number of rotatable bonds is 6. The van der Waals surface area contributed by atoms with E-state index >= 15 is 0 Å². The molecular weight excluding hydrogens is 442 g/mol. The van der Waals surface area contributed by atoms with Crippen molar-refractivity contribution in [3.05, 3.63) is 40.3 Å². The van der Waals surface area contributed by atoms with Crippen LogP contribution in [0.1, 0.15) is 22.9 Å². The van der Waals surface area contributed by atoms with Crippen molar-refractivity contribution < 1.29 is 27.5 Å². The molecule has 1 aliphatic heterocycles. The lowest BCUT2D eigenvalue weighted by atomic mass is 10.0. The number of nitrogens with zero attached hydrogens (tertiary/aromatic N) is 2. The first-order valence-electron chi connectivity index (χ1n) is 9.42. The molecule has 31 heavy (non-hydrogen) atoms. The zero-order chi connectivity index (χ0) is 22.6.